The molecule has 1 aromatic rings. The van der Waals surface area contributed by atoms with Crippen LogP contribution in [0.4, 0.5) is 5.95 Å². The van der Waals surface area contributed by atoms with Gasteiger partial charge < -0.3 is 9.88 Å². The SMILES string of the molecule is CCCCNc1nccn1C(CC)CC. The maximum Gasteiger partial charge on any atom is 0.203 e. The number of rotatable bonds is 7. The van der Waals surface area contributed by atoms with E-state index >= 15 is 0 Å². The summed E-state index contributed by atoms with van der Waals surface area (Å²) in [5, 5.41) is 3.40. The molecule has 0 fully saturated rings. The molecule has 1 rings (SSSR count). The number of nitrogens with one attached hydrogen (secondary N) is 1. The van der Waals surface area contributed by atoms with Crippen molar-refractivity contribution in [3.63, 3.8) is 0 Å². The highest BCUT2D eigenvalue weighted by Gasteiger charge is 2.09. The first kappa shape index (κ1) is 12.1. The largest absolute Gasteiger partial charge is 0.356 e. The lowest BCUT2D eigenvalue weighted by Crippen LogP contribution is -2.12. The molecular formula is C12H23N3. The van der Waals surface area contributed by atoms with E-state index in [1.807, 2.05) is 6.20 Å². The minimum absolute atomic E-state index is 0.580. The maximum absolute atomic E-state index is 4.36. The summed E-state index contributed by atoms with van der Waals surface area (Å²) in [5.41, 5.74) is 0. The van der Waals surface area contributed by atoms with Gasteiger partial charge in [-0.15, -0.1) is 0 Å². The first-order chi connectivity index (χ1) is 7.33. The summed E-state index contributed by atoms with van der Waals surface area (Å²) in [4.78, 5) is 4.36. The first-order valence-electron chi connectivity index (χ1n) is 6.10. The summed E-state index contributed by atoms with van der Waals surface area (Å²) in [6, 6.07) is 0.580. The molecule has 1 N–H and O–H groups in total. The van der Waals surface area contributed by atoms with Gasteiger partial charge in [-0.05, 0) is 19.3 Å². The number of nitrogens with zero attached hydrogens (tertiary/aromatic N) is 2. The van der Waals surface area contributed by atoms with E-state index < -0.39 is 0 Å². The zero-order valence-electron chi connectivity index (χ0n) is 10.2. The third kappa shape index (κ3) is 3.26. The highest BCUT2D eigenvalue weighted by Crippen LogP contribution is 2.19. The number of anilines is 1. The van der Waals surface area contributed by atoms with Crippen molar-refractivity contribution in [1.82, 2.24) is 9.55 Å². The molecule has 0 radical (unpaired) electrons. The number of hydrogen-bond acceptors (Lipinski definition) is 2. The van der Waals surface area contributed by atoms with Crippen molar-refractivity contribution >= 4 is 5.95 Å². The van der Waals surface area contributed by atoms with Crippen molar-refractivity contribution in [2.45, 2.75) is 52.5 Å². The van der Waals surface area contributed by atoms with Gasteiger partial charge in [0.25, 0.3) is 0 Å². The van der Waals surface area contributed by atoms with Gasteiger partial charge in [0, 0.05) is 25.0 Å². The fourth-order valence-corrected chi connectivity index (χ4v) is 1.80. The van der Waals surface area contributed by atoms with Crippen LogP contribution in [0, 0.1) is 0 Å². The van der Waals surface area contributed by atoms with Gasteiger partial charge in [-0.1, -0.05) is 27.2 Å². The fourth-order valence-electron chi connectivity index (χ4n) is 1.80. The average molecular weight is 209 g/mol. The minimum atomic E-state index is 0.580. The Morgan fingerprint density at radius 2 is 2.07 bits per heavy atom. The highest BCUT2D eigenvalue weighted by molar-refractivity contribution is 5.26. The Kier molecular flexibility index (Phi) is 5.22. The Labute approximate surface area is 92.9 Å². The second-order valence-electron chi connectivity index (χ2n) is 3.91. The molecule has 0 atom stereocenters. The first-order valence-corrected chi connectivity index (χ1v) is 6.10. The molecular weight excluding hydrogens is 186 g/mol. The lowest BCUT2D eigenvalue weighted by Gasteiger charge is -2.17. The van der Waals surface area contributed by atoms with Crippen LogP contribution < -0.4 is 5.32 Å². The molecule has 0 unspecified atom stereocenters. The van der Waals surface area contributed by atoms with Crippen LogP contribution in [0.25, 0.3) is 0 Å². The molecule has 0 bridgehead atoms. The van der Waals surface area contributed by atoms with Gasteiger partial charge in [0.05, 0.1) is 0 Å². The molecule has 0 aliphatic carbocycles. The van der Waals surface area contributed by atoms with E-state index in [1.54, 1.807) is 0 Å². The molecule has 0 amide bonds. The Hall–Kier alpha value is -0.990. The van der Waals surface area contributed by atoms with E-state index in [2.05, 4.69) is 41.8 Å². The van der Waals surface area contributed by atoms with E-state index in [4.69, 9.17) is 0 Å². The standard InChI is InChI=1S/C12H23N3/c1-4-7-8-13-12-14-9-10-15(12)11(5-2)6-3/h9-11H,4-8H2,1-3H3,(H,13,14). The molecule has 1 heterocycles. The third-order valence-corrected chi connectivity index (χ3v) is 2.82. The predicted molar refractivity (Wildman–Crippen MR) is 65.2 cm³/mol. The average Bonchev–Trinajstić information content (AvgIpc) is 2.69. The van der Waals surface area contributed by atoms with Crippen LogP contribution in [0.3, 0.4) is 0 Å². The molecule has 0 aliphatic rings. The molecule has 3 nitrogen and oxygen atoms in total. The predicted octanol–water partition coefficient (Wildman–Crippen LogP) is 3.46. The van der Waals surface area contributed by atoms with Crippen LogP contribution in [0.15, 0.2) is 12.4 Å². The van der Waals surface area contributed by atoms with Gasteiger partial charge in [-0.25, -0.2) is 4.98 Å². The van der Waals surface area contributed by atoms with Crippen molar-refractivity contribution < 1.29 is 0 Å². The Morgan fingerprint density at radius 1 is 1.33 bits per heavy atom. The van der Waals surface area contributed by atoms with Crippen molar-refractivity contribution in [3.05, 3.63) is 12.4 Å². The second kappa shape index (κ2) is 6.49. The topological polar surface area (TPSA) is 29.9 Å². The van der Waals surface area contributed by atoms with Crippen LogP contribution in [-0.4, -0.2) is 16.1 Å². The van der Waals surface area contributed by atoms with E-state index in [1.165, 1.54) is 12.8 Å². The number of aromatic nitrogens is 2. The normalized spacial score (nSPS) is 10.9. The lowest BCUT2D eigenvalue weighted by atomic mass is 10.2. The molecule has 86 valence electrons. The smallest absolute Gasteiger partial charge is 0.203 e. The highest BCUT2D eigenvalue weighted by atomic mass is 15.2. The van der Waals surface area contributed by atoms with Crippen LogP contribution in [0.5, 0.6) is 0 Å². The summed E-state index contributed by atoms with van der Waals surface area (Å²) < 4.78 is 2.26. The summed E-state index contributed by atoms with van der Waals surface area (Å²) in [7, 11) is 0. The minimum Gasteiger partial charge on any atom is -0.356 e. The quantitative estimate of drug-likeness (QED) is 0.697. The molecule has 0 spiro atoms. The second-order valence-corrected chi connectivity index (χ2v) is 3.91. The molecule has 0 saturated carbocycles. The van der Waals surface area contributed by atoms with Gasteiger partial charge in [0.1, 0.15) is 0 Å². The van der Waals surface area contributed by atoms with Crippen LogP contribution in [-0.2, 0) is 0 Å². The van der Waals surface area contributed by atoms with E-state index in [0.717, 1.165) is 25.3 Å². The van der Waals surface area contributed by atoms with Crippen molar-refractivity contribution in [1.29, 1.82) is 0 Å². The van der Waals surface area contributed by atoms with Gasteiger partial charge >= 0.3 is 0 Å². The monoisotopic (exact) mass is 209 g/mol. The fraction of sp³-hybridized carbons (Fsp3) is 0.750. The summed E-state index contributed by atoms with van der Waals surface area (Å²) in [5.74, 6) is 1.03. The van der Waals surface area contributed by atoms with Crippen molar-refractivity contribution in [2.24, 2.45) is 0 Å². The molecule has 15 heavy (non-hydrogen) atoms. The van der Waals surface area contributed by atoms with E-state index in [-0.39, 0.29) is 0 Å². The van der Waals surface area contributed by atoms with Gasteiger partial charge in [0.2, 0.25) is 5.95 Å². The Bertz CT molecular complexity index is 264. The number of unbranched alkanes of at least 4 members (excludes halogenated alkanes) is 1. The van der Waals surface area contributed by atoms with Crippen molar-refractivity contribution in [3.8, 4) is 0 Å². The van der Waals surface area contributed by atoms with Gasteiger partial charge in [-0.3, -0.25) is 0 Å². The number of imidazole rings is 1. The van der Waals surface area contributed by atoms with Crippen LogP contribution in [0.2, 0.25) is 0 Å². The zero-order chi connectivity index (χ0) is 11.1. The molecule has 1 aromatic heterocycles. The third-order valence-electron chi connectivity index (χ3n) is 2.82. The molecule has 0 aromatic carbocycles. The summed E-state index contributed by atoms with van der Waals surface area (Å²) >= 11 is 0. The van der Waals surface area contributed by atoms with Crippen molar-refractivity contribution in [2.75, 3.05) is 11.9 Å². The number of hydrogen-bond donors (Lipinski definition) is 1. The molecule has 0 saturated heterocycles. The van der Waals surface area contributed by atoms with E-state index in [0.29, 0.717) is 6.04 Å². The van der Waals surface area contributed by atoms with Gasteiger partial charge in [0.15, 0.2) is 0 Å². The Morgan fingerprint density at radius 3 is 2.67 bits per heavy atom. The van der Waals surface area contributed by atoms with Gasteiger partial charge in [-0.2, -0.15) is 0 Å². The lowest BCUT2D eigenvalue weighted by molar-refractivity contribution is 0.475. The molecule has 3 heteroatoms. The molecule has 0 aliphatic heterocycles. The van der Waals surface area contributed by atoms with Crippen LogP contribution >= 0.6 is 0 Å². The summed E-state index contributed by atoms with van der Waals surface area (Å²) in [6.45, 7) is 7.68. The van der Waals surface area contributed by atoms with Crippen LogP contribution in [0.1, 0.15) is 52.5 Å². The zero-order valence-corrected chi connectivity index (χ0v) is 10.2. The maximum atomic E-state index is 4.36. The van der Waals surface area contributed by atoms with E-state index in [9.17, 15) is 0 Å². The Balaban J connectivity index is 2.59. The summed E-state index contributed by atoms with van der Waals surface area (Å²) in [6.07, 6.45) is 8.71.